The summed E-state index contributed by atoms with van der Waals surface area (Å²) >= 11 is 0. The molecule has 0 fully saturated rings. The Balaban J connectivity index is 2.50. The fourth-order valence-electron chi connectivity index (χ4n) is 1.20. The first-order chi connectivity index (χ1) is 6.86. The first-order valence-electron chi connectivity index (χ1n) is 4.56. The van der Waals surface area contributed by atoms with Crippen molar-refractivity contribution >= 4 is 0 Å². The van der Waals surface area contributed by atoms with Crippen LogP contribution in [0.25, 0.3) is 0 Å². The van der Waals surface area contributed by atoms with Gasteiger partial charge < -0.3 is 5.11 Å². The minimum atomic E-state index is 0.147. The summed E-state index contributed by atoms with van der Waals surface area (Å²) in [6, 6.07) is 0. The van der Waals surface area contributed by atoms with Crippen LogP contribution in [0, 0.1) is 0 Å². The van der Waals surface area contributed by atoms with Crippen LogP contribution in [-0.2, 0) is 6.54 Å². The molecule has 4 heteroatoms. The molecule has 1 aromatic rings. The van der Waals surface area contributed by atoms with Gasteiger partial charge in [0.15, 0.2) is 0 Å². The molecule has 0 saturated heterocycles. The monoisotopic (exact) mass is 193 g/mol. The molecule has 4 nitrogen and oxygen atoms in total. The van der Waals surface area contributed by atoms with E-state index in [0.717, 1.165) is 12.2 Å². The molecule has 1 rings (SSSR count). The summed E-state index contributed by atoms with van der Waals surface area (Å²) in [7, 11) is 0. The van der Waals surface area contributed by atoms with Gasteiger partial charge >= 0.3 is 0 Å². The lowest BCUT2D eigenvalue weighted by Gasteiger charge is -2.18. The molecule has 76 valence electrons. The van der Waals surface area contributed by atoms with Crippen molar-refractivity contribution in [1.29, 1.82) is 0 Å². The number of hydrogen-bond acceptors (Lipinski definition) is 4. The zero-order valence-electron chi connectivity index (χ0n) is 8.13. The number of nitrogens with zero attached hydrogens (tertiary/aromatic N) is 3. The lowest BCUT2D eigenvalue weighted by atomic mass is 10.3. The van der Waals surface area contributed by atoms with Crippen LogP contribution in [0.4, 0.5) is 0 Å². The predicted molar refractivity (Wildman–Crippen MR) is 54.6 cm³/mol. The summed E-state index contributed by atoms with van der Waals surface area (Å²) in [6.45, 7) is 5.88. The molecule has 0 aromatic carbocycles. The van der Waals surface area contributed by atoms with E-state index < -0.39 is 0 Å². The van der Waals surface area contributed by atoms with Gasteiger partial charge in [-0.05, 0) is 0 Å². The summed E-state index contributed by atoms with van der Waals surface area (Å²) in [6.07, 6.45) is 6.85. The topological polar surface area (TPSA) is 49.2 Å². The second-order valence-electron chi connectivity index (χ2n) is 2.94. The van der Waals surface area contributed by atoms with Crippen molar-refractivity contribution in [3.8, 4) is 0 Å². The van der Waals surface area contributed by atoms with Crippen LogP contribution in [-0.4, -0.2) is 39.7 Å². The van der Waals surface area contributed by atoms with Crippen LogP contribution in [0.3, 0.4) is 0 Å². The van der Waals surface area contributed by atoms with Crippen molar-refractivity contribution in [1.82, 2.24) is 14.9 Å². The molecular weight excluding hydrogens is 178 g/mol. The molecule has 1 N–H and O–H groups in total. The quantitative estimate of drug-likeness (QED) is 0.667. The normalized spacial score (nSPS) is 10.4. The zero-order chi connectivity index (χ0) is 10.2. The molecule has 0 atom stereocenters. The van der Waals surface area contributed by atoms with Crippen molar-refractivity contribution in [2.75, 3.05) is 19.7 Å². The molecule has 14 heavy (non-hydrogen) atoms. The largest absolute Gasteiger partial charge is 0.395 e. The lowest BCUT2D eigenvalue weighted by molar-refractivity contribution is 0.202. The molecule has 0 saturated carbocycles. The van der Waals surface area contributed by atoms with E-state index in [2.05, 4.69) is 21.4 Å². The molecular formula is C10H15N3O. The molecule has 0 spiro atoms. The standard InChI is InChI=1S/C10H15N3O/c1-2-5-13(6-7-14)9-10-8-11-3-4-12-10/h2-4,8,14H,1,5-7,9H2. The maximum Gasteiger partial charge on any atom is 0.0726 e. The van der Waals surface area contributed by atoms with E-state index in [4.69, 9.17) is 5.11 Å². The molecule has 1 aromatic heterocycles. The Bertz CT molecular complexity index is 263. The maximum atomic E-state index is 8.83. The molecule has 0 bridgehead atoms. The van der Waals surface area contributed by atoms with Gasteiger partial charge in [-0.1, -0.05) is 6.08 Å². The van der Waals surface area contributed by atoms with Gasteiger partial charge in [0, 0.05) is 38.2 Å². The average Bonchev–Trinajstić information content (AvgIpc) is 2.20. The van der Waals surface area contributed by atoms with Crippen LogP contribution < -0.4 is 0 Å². The minimum Gasteiger partial charge on any atom is -0.395 e. The molecule has 0 unspecified atom stereocenters. The van der Waals surface area contributed by atoms with Crippen molar-refractivity contribution in [3.05, 3.63) is 36.9 Å². The SMILES string of the molecule is C=CCN(CCO)Cc1cnccn1. The minimum absolute atomic E-state index is 0.147. The number of rotatable bonds is 6. The van der Waals surface area contributed by atoms with E-state index >= 15 is 0 Å². The molecule has 0 amide bonds. The van der Waals surface area contributed by atoms with E-state index in [9.17, 15) is 0 Å². The molecule has 0 radical (unpaired) electrons. The summed E-state index contributed by atoms with van der Waals surface area (Å²) in [5.41, 5.74) is 0.905. The van der Waals surface area contributed by atoms with Crippen LogP contribution in [0.1, 0.15) is 5.69 Å². The second kappa shape index (κ2) is 6.23. The summed E-state index contributed by atoms with van der Waals surface area (Å²) in [5, 5.41) is 8.83. The highest BCUT2D eigenvalue weighted by atomic mass is 16.3. The van der Waals surface area contributed by atoms with E-state index in [-0.39, 0.29) is 6.61 Å². The highest BCUT2D eigenvalue weighted by molar-refractivity contribution is 4.94. The third kappa shape index (κ3) is 3.64. The van der Waals surface area contributed by atoms with Crippen LogP contribution in [0.15, 0.2) is 31.2 Å². The highest BCUT2D eigenvalue weighted by Gasteiger charge is 2.03. The van der Waals surface area contributed by atoms with Gasteiger partial charge in [-0.2, -0.15) is 0 Å². The van der Waals surface area contributed by atoms with E-state index in [0.29, 0.717) is 13.1 Å². The summed E-state index contributed by atoms with van der Waals surface area (Å²) in [4.78, 5) is 10.2. The maximum absolute atomic E-state index is 8.83. The van der Waals surface area contributed by atoms with Gasteiger partial charge in [-0.3, -0.25) is 14.9 Å². The number of aliphatic hydroxyl groups is 1. The Kier molecular flexibility index (Phi) is 4.82. The molecule has 0 aliphatic carbocycles. The molecule has 0 aliphatic rings. The Morgan fingerprint density at radius 1 is 1.50 bits per heavy atom. The Morgan fingerprint density at radius 2 is 2.36 bits per heavy atom. The van der Waals surface area contributed by atoms with E-state index in [1.165, 1.54) is 0 Å². The molecule has 0 aliphatic heterocycles. The Morgan fingerprint density at radius 3 is 2.93 bits per heavy atom. The third-order valence-electron chi connectivity index (χ3n) is 1.81. The van der Waals surface area contributed by atoms with Crippen LogP contribution >= 0.6 is 0 Å². The summed E-state index contributed by atoms with van der Waals surface area (Å²) in [5.74, 6) is 0. The van der Waals surface area contributed by atoms with E-state index in [1.807, 2.05) is 6.08 Å². The van der Waals surface area contributed by atoms with Gasteiger partial charge in [-0.15, -0.1) is 6.58 Å². The Hall–Kier alpha value is -1.26. The number of aromatic nitrogens is 2. The van der Waals surface area contributed by atoms with Crippen molar-refractivity contribution in [2.24, 2.45) is 0 Å². The second-order valence-corrected chi connectivity index (χ2v) is 2.94. The van der Waals surface area contributed by atoms with Crippen molar-refractivity contribution < 1.29 is 5.11 Å². The van der Waals surface area contributed by atoms with Gasteiger partial charge in [0.05, 0.1) is 12.3 Å². The number of hydrogen-bond donors (Lipinski definition) is 1. The zero-order valence-corrected chi connectivity index (χ0v) is 8.13. The van der Waals surface area contributed by atoms with Crippen molar-refractivity contribution in [2.45, 2.75) is 6.54 Å². The summed E-state index contributed by atoms with van der Waals surface area (Å²) < 4.78 is 0. The lowest BCUT2D eigenvalue weighted by Crippen LogP contribution is -2.27. The third-order valence-corrected chi connectivity index (χ3v) is 1.81. The predicted octanol–water partition coefficient (Wildman–Crippen LogP) is 0.457. The first-order valence-corrected chi connectivity index (χ1v) is 4.56. The highest BCUT2D eigenvalue weighted by Crippen LogP contribution is 1.98. The molecule has 1 heterocycles. The van der Waals surface area contributed by atoms with Crippen LogP contribution in [0.5, 0.6) is 0 Å². The van der Waals surface area contributed by atoms with Gasteiger partial charge in [0.2, 0.25) is 0 Å². The van der Waals surface area contributed by atoms with Gasteiger partial charge in [0.25, 0.3) is 0 Å². The van der Waals surface area contributed by atoms with Gasteiger partial charge in [0.1, 0.15) is 0 Å². The van der Waals surface area contributed by atoms with Crippen molar-refractivity contribution in [3.63, 3.8) is 0 Å². The fourth-order valence-corrected chi connectivity index (χ4v) is 1.20. The average molecular weight is 193 g/mol. The number of aliphatic hydroxyl groups excluding tert-OH is 1. The van der Waals surface area contributed by atoms with Gasteiger partial charge in [-0.25, -0.2) is 0 Å². The first kappa shape index (κ1) is 10.8. The van der Waals surface area contributed by atoms with Crippen LogP contribution in [0.2, 0.25) is 0 Å². The van der Waals surface area contributed by atoms with E-state index in [1.54, 1.807) is 18.6 Å². The smallest absolute Gasteiger partial charge is 0.0726 e. The Labute approximate surface area is 83.9 Å². The fraction of sp³-hybridized carbons (Fsp3) is 0.400.